The van der Waals surface area contributed by atoms with Gasteiger partial charge in [-0.25, -0.2) is 9.59 Å². The lowest BCUT2D eigenvalue weighted by Crippen LogP contribution is -2.43. The molecule has 0 aromatic heterocycles. The molecule has 1 atom stereocenters. The van der Waals surface area contributed by atoms with E-state index in [4.69, 9.17) is 32.7 Å². The molecule has 0 aliphatic heterocycles. The molecule has 9 heteroatoms. The van der Waals surface area contributed by atoms with E-state index in [1.54, 1.807) is 30.0 Å². The second kappa shape index (κ2) is 16.3. The molecule has 0 spiro atoms. The molecule has 1 unspecified atom stereocenters. The molecule has 2 N–H and O–H groups in total. The van der Waals surface area contributed by atoms with E-state index in [1.807, 2.05) is 24.3 Å². The van der Waals surface area contributed by atoms with Crippen molar-refractivity contribution in [3.63, 3.8) is 0 Å². The number of unbranched alkanes of at least 4 members (excludes halogenated alkanes) is 1. The largest absolute Gasteiger partial charge is 0.492 e. The van der Waals surface area contributed by atoms with Gasteiger partial charge in [0.05, 0.1) is 6.54 Å². The van der Waals surface area contributed by atoms with Crippen LogP contribution in [-0.2, 0) is 22.4 Å². The monoisotopic (exact) mass is 538 g/mol. The van der Waals surface area contributed by atoms with Gasteiger partial charge in [0, 0.05) is 36.2 Å². The Morgan fingerprint density at radius 1 is 1.00 bits per heavy atom. The van der Waals surface area contributed by atoms with Crippen LogP contribution >= 0.6 is 23.2 Å². The van der Waals surface area contributed by atoms with Gasteiger partial charge in [-0.2, -0.15) is 0 Å². The molecule has 2 aromatic rings. The van der Waals surface area contributed by atoms with Crippen molar-refractivity contribution in [3.05, 3.63) is 63.6 Å². The average molecular weight is 540 g/mol. The van der Waals surface area contributed by atoms with Gasteiger partial charge < -0.3 is 24.8 Å². The number of rotatable bonds is 16. The molecular formula is C27H36Cl2N2O5. The van der Waals surface area contributed by atoms with Crippen molar-refractivity contribution < 1.29 is 24.2 Å². The van der Waals surface area contributed by atoms with Crippen LogP contribution in [0.2, 0.25) is 10.0 Å². The number of nitrogens with zero attached hydrogens (tertiary/aromatic N) is 1. The molecule has 36 heavy (non-hydrogen) atoms. The van der Waals surface area contributed by atoms with Gasteiger partial charge in [-0.1, -0.05) is 48.7 Å². The molecule has 0 saturated heterocycles. The third-order valence-electron chi connectivity index (χ3n) is 5.53. The molecule has 0 saturated carbocycles. The summed E-state index contributed by atoms with van der Waals surface area (Å²) in [6.07, 6.45) is 2.86. The number of hydrogen-bond acceptors (Lipinski definition) is 4. The number of ether oxygens (including phenoxy) is 2. The van der Waals surface area contributed by atoms with Gasteiger partial charge in [-0.15, -0.1) is 0 Å². The van der Waals surface area contributed by atoms with Crippen molar-refractivity contribution in [3.8, 4) is 5.75 Å². The van der Waals surface area contributed by atoms with Gasteiger partial charge in [-0.05, 0) is 67.6 Å². The van der Waals surface area contributed by atoms with Crippen LogP contribution in [0.4, 0.5) is 4.79 Å². The number of aliphatic carboxylic acids is 1. The lowest BCUT2D eigenvalue weighted by molar-refractivity contribution is -0.149. The summed E-state index contributed by atoms with van der Waals surface area (Å²) in [5, 5.41) is 13.4. The molecule has 0 bridgehead atoms. The zero-order valence-electron chi connectivity index (χ0n) is 21.0. The highest BCUT2D eigenvalue weighted by atomic mass is 35.5. The van der Waals surface area contributed by atoms with E-state index in [-0.39, 0.29) is 12.5 Å². The van der Waals surface area contributed by atoms with E-state index >= 15 is 0 Å². The highest BCUT2D eigenvalue weighted by Gasteiger charge is 2.18. The first-order valence-electron chi connectivity index (χ1n) is 12.4. The van der Waals surface area contributed by atoms with E-state index in [0.29, 0.717) is 48.6 Å². The zero-order chi connectivity index (χ0) is 26.3. The summed E-state index contributed by atoms with van der Waals surface area (Å²) in [7, 11) is 0. The quantitative estimate of drug-likeness (QED) is 0.262. The Labute approximate surface area is 223 Å². The van der Waals surface area contributed by atoms with Crippen molar-refractivity contribution >= 4 is 35.2 Å². The Morgan fingerprint density at radius 3 is 2.31 bits per heavy atom. The Bertz CT molecular complexity index is 935. The predicted molar refractivity (Wildman–Crippen MR) is 143 cm³/mol. The van der Waals surface area contributed by atoms with Gasteiger partial charge in [0.1, 0.15) is 12.4 Å². The second-order valence-corrected chi connectivity index (χ2v) is 9.31. The highest BCUT2D eigenvalue weighted by Crippen LogP contribution is 2.20. The zero-order valence-corrected chi connectivity index (χ0v) is 22.5. The first kappa shape index (κ1) is 29.7. The Kier molecular flexibility index (Phi) is 13.5. The van der Waals surface area contributed by atoms with Crippen LogP contribution in [0.3, 0.4) is 0 Å². The van der Waals surface area contributed by atoms with Crippen LogP contribution < -0.4 is 10.1 Å². The molecule has 2 aromatic carbocycles. The normalized spacial score (nSPS) is 11.7. The van der Waals surface area contributed by atoms with E-state index in [0.717, 1.165) is 36.8 Å². The van der Waals surface area contributed by atoms with Crippen LogP contribution in [0.25, 0.3) is 0 Å². The first-order chi connectivity index (χ1) is 17.3. The third kappa shape index (κ3) is 11.1. The van der Waals surface area contributed by atoms with Crippen molar-refractivity contribution in [2.24, 2.45) is 0 Å². The van der Waals surface area contributed by atoms with Crippen LogP contribution in [0.1, 0.15) is 44.2 Å². The van der Waals surface area contributed by atoms with Gasteiger partial charge in [0.25, 0.3) is 0 Å². The smallest absolute Gasteiger partial charge is 0.333 e. The highest BCUT2D eigenvalue weighted by molar-refractivity contribution is 6.34. The minimum absolute atomic E-state index is 0.109. The Morgan fingerprint density at radius 2 is 1.69 bits per heavy atom. The minimum Gasteiger partial charge on any atom is -0.492 e. The van der Waals surface area contributed by atoms with Crippen molar-refractivity contribution in [2.45, 2.75) is 52.1 Å². The number of hydrogen-bond donors (Lipinski definition) is 2. The van der Waals surface area contributed by atoms with Crippen LogP contribution in [0, 0.1) is 0 Å². The number of benzene rings is 2. The van der Waals surface area contributed by atoms with Gasteiger partial charge in [0.15, 0.2) is 6.10 Å². The van der Waals surface area contributed by atoms with Crippen molar-refractivity contribution in [1.82, 2.24) is 10.2 Å². The Balaban J connectivity index is 1.89. The molecule has 2 rings (SSSR count). The fourth-order valence-electron chi connectivity index (χ4n) is 3.66. The standard InChI is InChI=1S/C27H36Cl2N2O5/c1-3-5-12-30-27(34)31(13-6-7-21-16-22(28)19-23(29)17-21)14-15-36-24-10-8-20(9-11-24)18-25(26(32)33)35-4-2/h8-11,16-17,19,25H,3-7,12-15,18H2,1-2H3,(H,30,34)(H,32,33). The number of carboxylic acid groups (broad SMARTS) is 1. The van der Waals surface area contributed by atoms with Crippen molar-refractivity contribution in [1.29, 1.82) is 0 Å². The average Bonchev–Trinajstić information content (AvgIpc) is 2.83. The summed E-state index contributed by atoms with van der Waals surface area (Å²) < 4.78 is 11.1. The molecule has 0 aliphatic rings. The summed E-state index contributed by atoms with van der Waals surface area (Å²) in [6, 6.07) is 12.6. The number of halogens is 2. The summed E-state index contributed by atoms with van der Waals surface area (Å²) in [4.78, 5) is 25.8. The topological polar surface area (TPSA) is 88.1 Å². The number of nitrogens with one attached hydrogen (secondary N) is 1. The number of carboxylic acids is 1. The maximum atomic E-state index is 12.7. The molecule has 0 radical (unpaired) electrons. The lowest BCUT2D eigenvalue weighted by Gasteiger charge is -2.23. The van der Waals surface area contributed by atoms with E-state index in [1.165, 1.54) is 0 Å². The maximum Gasteiger partial charge on any atom is 0.333 e. The van der Waals surface area contributed by atoms with Gasteiger partial charge in [0.2, 0.25) is 0 Å². The molecule has 0 aliphatic carbocycles. The molecule has 0 heterocycles. The summed E-state index contributed by atoms with van der Waals surface area (Å²) >= 11 is 12.2. The van der Waals surface area contributed by atoms with E-state index in [2.05, 4.69) is 12.2 Å². The number of aryl methyl sites for hydroxylation is 1. The number of urea groups is 1. The number of carbonyl (C=O) groups excluding carboxylic acids is 1. The molecule has 0 fully saturated rings. The van der Waals surface area contributed by atoms with Crippen LogP contribution in [0.5, 0.6) is 5.75 Å². The molecule has 7 nitrogen and oxygen atoms in total. The summed E-state index contributed by atoms with van der Waals surface area (Å²) in [6.45, 7) is 6.16. The SMILES string of the molecule is CCCCNC(=O)N(CCCc1cc(Cl)cc(Cl)c1)CCOc1ccc(CC(OCC)C(=O)O)cc1. The third-order valence-corrected chi connectivity index (χ3v) is 5.96. The van der Waals surface area contributed by atoms with Crippen LogP contribution in [-0.4, -0.2) is 61.0 Å². The van der Waals surface area contributed by atoms with Gasteiger partial charge in [-0.3, -0.25) is 0 Å². The lowest BCUT2D eigenvalue weighted by atomic mass is 10.1. The fraction of sp³-hybridized carbons (Fsp3) is 0.481. The van der Waals surface area contributed by atoms with E-state index < -0.39 is 12.1 Å². The maximum absolute atomic E-state index is 12.7. The minimum atomic E-state index is -0.979. The number of amides is 2. The number of carbonyl (C=O) groups is 2. The fourth-order valence-corrected chi connectivity index (χ4v) is 4.23. The summed E-state index contributed by atoms with van der Waals surface area (Å²) in [5.41, 5.74) is 1.88. The molecular weight excluding hydrogens is 503 g/mol. The second-order valence-electron chi connectivity index (χ2n) is 8.43. The van der Waals surface area contributed by atoms with Gasteiger partial charge >= 0.3 is 12.0 Å². The Hall–Kier alpha value is -2.48. The molecule has 2 amide bonds. The first-order valence-corrected chi connectivity index (χ1v) is 13.1. The van der Waals surface area contributed by atoms with E-state index in [9.17, 15) is 14.7 Å². The summed E-state index contributed by atoms with van der Waals surface area (Å²) in [5.74, 6) is -0.324. The van der Waals surface area contributed by atoms with Crippen LogP contribution in [0.15, 0.2) is 42.5 Å². The predicted octanol–water partition coefficient (Wildman–Crippen LogP) is 5.85. The molecule has 198 valence electrons. The van der Waals surface area contributed by atoms with Crippen molar-refractivity contribution in [2.75, 3.05) is 32.8 Å².